The Morgan fingerprint density at radius 2 is 1.00 bits per heavy atom. The Hall–Kier alpha value is -12.4. The lowest BCUT2D eigenvalue weighted by atomic mass is 10.1. The average molecular weight is 1460 g/mol. The van der Waals surface area contributed by atoms with Crippen molar-refractivity contribution in [3.05, 3.63) is 236 Å². The van der Waals surface area contributed by atoms with Crippen molar-refractivity contribution in [3.63, 3.8) is 0 Å². The molecule has 11 aromatic rings. The summed E-state index contributed by atoms with van der Waals surface area (Å²) in [5, 5.41) is 58.5. The molecule has 0 radical (unpaired) electrons. The van der Waals surface area contributed by atoms with E-state index in [2.05, 4.69) is 199 Å². The molecule has 0 unspecified atom stereocenters. The number of nitrogens with zero attached hydrogens (tertiary/aromatic N) is 16. The molecule has 0 aliphatic heterocycles. The Morgan fingerprint density at radius 3 is 1.44 bits per heavy atom. The Labute approximate surface area is 631 Å². The number of para-hydroxylation sites is 1. The number of rotatable bonds is 23. The van der Waals surface area contributed by atoms with Gasteiger partial charge in [-0.15, -0.1) is 46.0 Å². The summed E-state index contributed by atoms with van der Waals surface area (Å²) in [5.74, 6) is 1.61. The fourth-order valence-corrected chi connectivity index (χ4v) is 10.3. The third-order valence-corrected chi connectivity index (χ3v) is 17.8. The topological polar surface area (TPSA) is 283 Å². The molecule has 26 heteroatoms. The second kappa shape index (κ2) is 38.4. The van der Waals surface area contributed by atoms with E-state index < -0.39 is 11.9 Å². The van der Waals surface area contributed by atoms with Crippen LogP contribution < -0.4 is 34.4 Å². The minimum Gasteiger partial charge on any atom is -0.451 e. The number of benzene rings is 7. The third kappa shape index (κ3) is 21.8. The fraction of sp³-hybridized carbons (Fsp3) is 0.284. The number of H-pyrrole nitrogens is 4. The van der Waals surface area contributed by atoms with E-state index in [1.807, 2.05) is 147 Å². The number of esters is 1. The average Bonchev–Trinajstić information content (AvgIpc) is 1.63. The number of halogens is 1. The Balaban J connectivity index is 0.000000188. The molecule has 7 aromatic carbocycles. The highest BCUT2D eigenvalue weighted by Crippen LogP contribution is 2.42. The maximum atomic E-state index is 13.4. The number of aromatic amines is 4. The Kier molecular flexibility index (Phi) is 28.8. The molecule has 0 spiro atoms. The molecule has 0 bridgehead atoms. The number of aromatic nitrogens is 7. The lowest BCUT2D eigenvalue weighted by Gasteiger charge is -2.17. The van der Waals surface area contributed by atoms with Gasteiger partial charge >= 0.3 is 5.97 Å². The molecule has 4 aromatic heterocycles. The lowest BCUT2D eigenvalue weighted by Crippen LogP contribution is -2.15. The highest BCUT2D eigenvalue weighted by atomic mass is 35.5. The van der Waals surface area contributed by atoms with Gasteiger partial charge in [0.2, 0.25) is 23.4 Å². The number of carbonyl (C=O) groups excluding carboxylic acids is 2. The molecule has 25 nitrogen and oxygen atoms in total. The molecule has 0 aliphatic rings. The van der Waals surface area contributed by atoms with Crippen LogP contribution in [0.3, 0.4) is 0 Å². The van der Waals surface area contributed by atoms with E-state index in [-0.39, 0.29) is 28.9 Å². The molecule has 0 atom stereocenters. The van der Waals surface area contributed by atoms with E-state index in [9.17, 15) is 9.59 Å². The van der Waals surface area contributed by atoms with Gasteiger partial charge in [0.1, 0.15) is 10.8 Å². The Morgan fingerprint density at radius 1 is 0.533 bits per heavy atom. The van der Waals surface area contributed by atoms with Gasteiger partial charge in [0, 0.05) is 94.6 Å². The van der Waals surface area contributed by atoms with Crippen LogP contribution in [-0.4, -0.2) is 102 Å². The van der Waals surface area contributed by atoms with E-state index in [0.717, 1.165) is 111 Å². The first kappa shape index (κ1) is 80.3. The summed E-state index contributed by atoms with van der Waals surface area (Å²) < 4.78 is 11.6. The molecule has 107 heavy (non-hydrogen) atoms. The molecule has 0 saturated heterocycles. The second-order valence-corrected chi connectivity index (χ2v) is 26.0. The fourth-order valence-electron chi connectivity index (χ4n) is 10.2. The molecule has 0 aliphatic carbocycles. The molecule has 5 N–H and O–H groups in total. The van der Waals surface area contributed by atoms with Gasteiger partial charge in [-0.3, -0.25) is 20.1 Å². The van der Waals surface area contributed by atoms with E-state index in [4.69, 9.17) is 27.6 Å². The van der Waals surface area contributed by atoms with Crippen LogP contribution in [0.2, 0.25) is 5.02 Å². The van der Waals surface area contributed by atoms with Crippen LogP contribution in [0.1, 0.15) is 119 Å². The molecule has 0 fully saturated rings. The monoisotopic (exact) mass is 1460 g/mol. The van der Waals surface area contributed by atoms with Crippen LogP contribution in [0.25, 0.3) is 4.85 Å². The van der Waals surface area contributed by atoms with Crippen LogP contribution >= 0.6 is 11.6 Å². The summed E-state index contributed by atoms with van der Waals surface area (Å²) in [6.07, 6.45) is 0. The van der Waals surface area contributed by atoms with Crippen molar-refractivity contribution in [1.82, 2.24) is 35.6 Å². The Bertz CT molecular complexity index is 4990. The van der Waals surface area contributed by atoms with Gasteiger partial charge in [-0.2, -0.15) is 10.2 Å². The maximum Gasteiger partial charge on any atom is 0.343 e. The van der Waals surface area contributed by atoms with Crippen molar-refractivity contribution < 1.29 is 19.1 Å². The minimum atomic E-state index is -0.678. The van der Waals surface area contributed by atoms with Crippen molar-refractivity contribution in [2.24, 2.45) is 40.9 Å². The van der Waals surface area contributed by atoms with Crippen LogP contribution in [0.15, 0.2) is 199 Å². The summed E-state index contributed by atoms with van der Waals surface area (Å²) in [5.41, 5.74) is 17.1. The predicted octanol–water partition coefficient (Wildman–Crippen LogP) is 22.8. The van der Waals surface area contributed by atoms with E-state index in [0.29, 0.717) is 45.2 Å². The molecule has 11 rings (SSSR count). The first-order valence-electron chi connectivity index (χ1n) is 35.1. The number of azo groups is 4. The van der Waals surface area contributed by atoms with Crippen molar-refractivity contribution in [2.45, 2.75) is 103 Å². The maximum absolute atomic E-state index is 13.4. The largest absolute Gasteiger partial charge is 0.451 e. The van der Waals surface area contributed by atoms with Crippen molar-refractivity contribution in [2.75, 3.05) is 79.3 Å². The predicted molar refractivity (Wildman–Crippen MR) is 430 cm³/mol. The number of ether oxygens (including phenoxy) is 2. The number of hydrogen-bond donors (Lipinski definition) is 5. The molecule has 554 valence electrons. The first-order valence-corrected chi connectivity index (χ1v) is 35.5. The molecular weight excluding hydrogens is 1370 g/mol. The standard InChI is InChI=1S/C30H28N6O3.C23H29N5O.C14H18ClN5.C14H19N5/c1-6-36(5)22-16-17-24(20(3)18-22)34-35-27-25(28(37)32-23-15-11-10-12-19(23)2)26(31-4)29(33-27)39-30(38)21-13-8-7-9-14-21;1-7-28(6)18-10-13-20(17(5)14-18)24-26-23-22(21(15(2)3)25-27-23)29-19-11-8-16(4)9-12-19;1-5-20(4)11-6-7-12(9(2)8-11)17-19-14-13(15)10(3)16-18-14;1-5-19(4)12-6-7-13(10(2)8-12)16-18-14-9-11(3)15-17-14/h7-18,33H,6H2,1-3,5H3,(H,32,37);8-15H,7H2,1-6H3,(H,25,27);6-8H,5H2,1-4H3,(H,16,18);6-9H,5H2,1-4H3,(H,15,17). The summed E-state index contributed by atoms with van der Waals surface area (Å²) in [4.78, 5) is 41.2. The number of nitrogens with one attached hydrogen (secondary N) is 5. The highest BCUT2D eigenvalue weighted by Gasteiger charge is 2.28. The zero-order valence-electron chi connectivity index (χ0n) is 64.1. The van der Waals surface area contributed by atoms with Crippen LogP contribution in [0.4, 0.5) is 80.1 Å². The van der Waals surface area contributed by atoms with Crippen molar-refractivity contribution >= 4 is 104 Å². The summed E-state index contributed by atoms with van der Waals surface area (Å²) in [7, 11) is 8.20. The zero-order chi connectivity index (χ0) is 77.4. The van der Waals surface area contributed by atoms with Gasteiger partial charge in [-0.1, -0.05) is 79.5 Å². The number of carbonyl (C=O) groups is 2. The molecule has 4 heterocycles. The van der Waals surface area contributed by atoms with E-state index >= 15 is 0 Å². The summed E-state index contributed by atoms with van der Waals surface area (Å²) in [6, 6.07) is 49.6. The van der Waals surface area contributed by atoms with Crippen molar-refractivity contribution in [3.8, 4) is 17.4 Å². The molecule has 1 amide bonds. The lowest BCUT2D eigenvalue weighted by molar-refractivity contribution is 0.0729. The molecular formula is C81H94ClN21O4. The van der Waals surface area contributed by atoms with Gasteiger partial charge in [0.05, 0.1) is 51.8 Å². The minimum absolute atomic E-state index is 0.00269. The van der Waals surface area contributed by atoms with E-state index in [1.54, 1.807) is 42.5 Å². The highest BCUT2D eigenvalue weighted by molar-refractivity contribution is 6.33. The smallest absolute Gasteiger partial charge is 0.343 e. The summed E-state index contributed by atoms with van der Waals surface area (Å²) in [6.45, 7) is 39.8. The third-order valence-electron chi connectivity index (χ3n) is 17.4. The van der Waals surface area contributed by atoms with E-state index in [1.165, 1.54) is 11.3 Å². The number of amides is 1. The summed E-state index contributed by atoms with van der Waals surface area (Å²) >= 11 is 6.05. The zero-order valence-corrected chi connectivity index (χ0v) is 64.8. The van der Waals surface area contributed by atoms with Gasteiger partial charge < -0.3 is 39.4 Å². The first-order chi connectivity index (χ1) is 51.3. The van der Waals surface area contributed by atoms with Crippen molar-refractivity contribution in [1.29, 1.82) is 0 Å². The molecule has 0 saturated carbocycles. The second-order valence-electron chi connectivity index (χ2n) is 25.7. The van der Waals surface area contributed by atoms with Gasteiger partial charge in [-0.25, -0.2) is 9.64 Å². The van der Waals surface area contributed by atoms with Crippen LogP contribution in [0.5, 0.6) is 17.4 Å². The van der Waals surface area contributed by atoms with Gasteiger partial charge in [0.15, 0.2) is 17.4 Å². The number of anilines is 5. The van der Waals surface area contributed by atoms with Gasteiger partial charge in [-0.05, 0) is 220 Å². The SMILES string of the molecule is CCN(C)c1ccc(N=Nc2cc(C)[nH]n2)c(C)c1.CCN(C)c1ccc(N=Nc2n[nH]c(C(C)C)c2Oc2ccc(C)cc2)c(C)c1.CCN(C)c1ccc(N=Nc2n[nH]c(C)c2Cl)c(C)c1.[C-]#[N+]c1c(OC(=O)c2ccccc2)[nH]c(N=Nc2ccc(N(C)CC)cc2C)c1C(=O)Nc1ccccc1C. The normalized spacial score (nSPS) is 11.1. The number of hydrogen-bond acceptors (Lipinski definition) is 19. The quantitative estimate of drug-likeness (QED) is 0.0228. The van der Waals surface area contributed by atoms with Gasteiger partial charge in [0.25, 0.3) is 5.69 Å². The van der Waals surface area contributed by atoms with Crippen LogP contribution in [-0.2, 0) is 0 Å². The number of aryl methyl sites for hydroxylation is 8. The van der Waals surface area contributed by atoms with Crippen LogP contribution in [0, 0.1) is 62.0 Å².